The molecule has 0 saturated heterocycles. The van der Waals surface area contributed by atoms with E-state index in [1.807, 2.05) is 0 Å². The molecule has 0 aliphatic heterocycles. The molecular formula is C28H43NO8. The zero-order valence-electron chi connectivity index (χ0n) is 22.0. The summed E-state index contributed by atoms with van der Waals surface area (Å²) in [5, 5.41) is 21.0. The fourth-order valence-electron chi connectivity index (χ4n) is 3.93. The van der Waals surface area contributed by atoms with Crippen molar-refractivity contribution in [1.29, 1.82) is 0 Å². The largest absolute Gasteiger partial charge is 0.481 e. The molecule has 0 amide bonds. The standard InChI is InChI=1S/C28H43NO8/c1-36-26(32)15-13-11-9-7-5-3-2-4-6-8-10-12-14-20-29-23-18-16-22(17-19-23)28(35)37-24(27(33)34)21-25(30)31/h16-19,24,29H,2-15,20-21H2,1H3,(H,30,31)(H,33,34). The molecular weight excluding hydrogens is 478 g/mol. The highest BCUT2D eigenvalue weighted by Gasteiger charge is 2.25. The Morgan fingerprint density at radius 2 is 1.24 bits per heavy atom. The van der Waals surface area contributed by atoms with E-state index in [9.17, 15) is 19.2 Å². The summed E-state index contributed by atoms with van der Waals surface area (Å²) in [6.07, 6.45) is 13.6. The minimum absolute atomic E-state index is 0.111. The molecule has 1 aromatic carbocycles. The number of unbranched alkanes of at least 4 members (excludes halogenated alkanes) is 12. The van der Waals surface area contributed by atoms with E-state index < -0.39 is 30.4 Å². The van der Waals surface area contributed by atoms with E-state index in [-0.39, 0.29) is 11.5 Å². The summed E-state index contributed by atoms with van der Waals surface area (Å²) in [4.78, 5) is 44.9. The summed E-state index contributed by atoms with van der Waals surface area (Å²) >= 11 is 0. The van der Waals surface area contributed by atoms with Gasteiger partial charge in [0.05, 0.1) is 19.1 Å². The van der Waals surface area contributed by atoms with Gasteiger partial charge in [0.1, 0.15) is 0 Å². The van der Waals surface area contributed by atoms with Gasteiger partial charge in [-0.05, 0) is 37.1 Å². The number of benzene rings is 1. The first kappa shape index (κ1) is 31.9. The van der Waals surface area contributed by atoms with Crippen LogP contribution in [0.5, 0.6) is 0 Å². The number of carbonyl (C=O) groups excluding carboxylic acids is 2. The lowest BCUT2D eigenvalue weighted by atomic mass is 10.0. The summed E-state index contributed by atoms with van der Waals surface area (Å²) < 4.78 is 9.44. The molecule has 1 aromatic rings. The number of hydrogen-bond donors (Lipinski definition) is 3. The Morgan fingerprint density at radius 1 is 0.757 bits per heavy atom. The highest BCUT2D eigenvalue weighted by atomic mass is 16.6. The quantitative estimate of drug-likeness (QED) is 0.127. The fourth-order valence-corrected chi connectivity index (χ4v) is 3.93. The second-order valence-electron chi connectivity index (χ2n) is 9.26. The smallest absolute Gasteiger partial charge is 0.345 e. The summed E-state index contributed by atoms with van der Waals surface area (Å²) in [5.74, 6) is -3.83. The molecule has 37 heavy (non-hydrogen) atoms. The average Bonchev–Trinajstić information content (AvgIpc) is 2.87. The first-order chi connectivity index (χ1) is 17.8. The monoisotopic (exact) mass is 521 g/mol. The number of carboxylic acids is 2. The van der Waals surface area contributed by atoms with Crippen LogP contribution in [0.4, 0.5) is 5.69 Å². The molecule has 0 fully saturated rings. The first-order valence-corrected chi connectivity index (χ1v) is 13.4. The van der Waals surface area contributed by atoms with Gasteiger partial charge in [0.15, 0.2) is 0 Å². The van der Waals surface area contributed by atoms with Crippen LogP contribution in [0.1, 0.15) is 107 Å². The Labute approximate surface area is 219 Å². The molecule has 0 aliphatic rings. The van der Waals surface area contributed by atoms with Crippen LogP contribution in [0.15, 0.2) is 24.3 Å². The van der Waals surface area contributed by atoms with Gasteiger partial charge in [-0.15, -0.1) is 0 Å². The molecule has 0 saturated carbocycles. The van der Waals surface area contributed by atoms with Crippen LogP contribution < -0.4 is 5.32 Å². The van der Waals surface area contributed by atoms with Gasteiger partial charge in [0.25, 0.3) is 0 Å². The van der Waals surface area contributed by atoms with Crippen LogP contribution in [0.3, 0.4) is 0 Å². The van der Waals surface area contributed by atoms with Crippen molar-refractivity contribution in [3.05, 3.63) is 29.8 Å². The predicted octanol–water partition coefficient (Wildman–Crippen LogP) is 5.82. The number of nitrogens with one attached hydrogen (secondary N) is 1. The van der Waals surface area contributed by atoms with Crippen LogP contribution in [0.2, 0.25) is 0 Å². The summed E-state index contributed by atoms with van der Waals surface area (Å²) in [7, 11) is 1.44. The third kappa shape index (κ3) is 16.3. The van der Waals surface area contributed by atoms with E-state index in [4.69, 9.17) is 14.9 Å². The van der Waals surface area contributed by atoms with Gasteiger partial charge in [-0.2, -0.15) is 0 Å². The molecule has 1 rings (SSSR count). The minimum Gasteiger partial charge on any atom is -0.481 e. The van der Waals surface area contributed by atoms with Crippen LogP contribution in [0.25, 0.3) is 0 Å². The molecule has 0 bridgehead atoms. The maximum absolute atomic E-state index is 12.1. The van der Waals surface area contributed by atoms with Gasteiger partial charge < -0.3 is 25.0 Å². The van der Waals surface area contributed by atoms with Crippen molar-refractivity contribution >= 4 is 29.6 Å². The van der Waals surface area contributed by atoms with Crippen molar-refractivity contribution in [3.63, 3.8) is 0 Å². The number of carboxylic acid groups (broad SMARTS) is 2. The number of anilines is 1. The van der Waals surface area contributed by atoms with Gasteiger partial charge >= 0.3 is 23.9 Å². The number of methoxy groups -OCH3 is 1. The third-order valence-corrected chi connectivity index (χ3v) is 6.12. The number of carbonyl (C=O) groups is 4. The zero-order chi connectivity index (χ0) is 27.3. The molecule has 3 N–H and O–H groups in total. The Hall–Kier alpha value is -3.10. The third-order valence-electron chi connectivity index (χ3n) is 6.12. The topological polar surface area (TPSA) is 139 Å². The lowest BCUT2D eigenvalue weighted by molar-refractivity contribution is -0.153. The fraction of sp³-hybridized carbons (Fsp3) is 0.643. The summed E-state index contributed by atoms with van der Waals surface area (Å²) in [5.41, 5.74) is 1.01. The molecule has 0 aliphatic carbocycles. The second-order valence-corrected chi connectivity index (χ2v) is 9.26. The summed E-state index contributed by atoms with van der Waals surface area (Å²) in [6, 6.07) is 6.48. The maximum Gasteiger partial charge on any atom is 0.345 e. The van der Waals surface area contributed by atoms with Gasteiger partial charge in [-0.3, -0.25) is 9.59 Å². The molecule has 0 aromatic heterocycles. The van der Waals surface area contributed by atoms with E-state index in [0.717, 1.165) is 37.9 Å². The molecule has 9 nitrogen and oxygen atoms in total. The predicted molar refractivity (Wildman–Crippen MR) is 141 cm³/mol. The van der Waals surface area contributed by atoms with E-state index in [2.05, 4.69) is 10.1 Å². The zero-order valence-corrected chi connectivity index (χ0v) is 22.0. The van der Waals surface area contributed by atoms with Gasteiger partial charge in [0, 0.05) is 18.7 Å². The van der Waals surface area contributed by atoms with E-state index in [1.54, 1.807) is 12.1 Å². The number of rotatable bonds is 22. The van der Waals surface area contributed by atoms with Gasteiger partial charge in [-0.25, -0.2) is 9.59 Å². The molecule has 1 atom stereocenters. The van der Waals surface area contributed by atoms with Crippen LogP contribution in [0, 0.1) is 0 Å². The Morgan fingerprint density at radius 3 is 1.70 bits per heavy atom. The van der Waals surface area contributed by atoms with Gasteiger partial charge in [-0.1, -0.05) is 70.6 Å². The van der Waals surface area contributed by atoms with Crippen LogP contribution in [-0.2, 0) is 23.9 Å². The SMILES string of the molecule is COC(=O)CCCCCCCCCCCCCCCNc1ccc(C(=O)OC(CC(=O)O)C(=O)O)cc1. The van der Waals surface area contributed by atoms with E-state index >= 15 is 0 Å². The lowest BCUT2D eigenvalue weighted by Crippen LogP contribution is -2.29. The first-order valence-electron chi connectivity index (χ1n) is 13.4. The molecule has 0 spiro atoms. The van der Waals surface area contributed by atoms with E-state index in [1.165, 1.54) is 77.0 Å². The number of hydrogen-bond acceptors (Lipinski definition) is 7. The molecule has 208 valence electrons. The van der Waals surface area contributed by atoms with Crippen molar-refractivity contribution in [3.8, 4) is 0 Å². The Bertz CT molecular complexity index is 809. The molecule has 9 heteroatoms. The molecule has 1 unspecified atom stereocenters. The summed E-state index contributed by atoms with van der Waals surface area (Å²) in [6.45, 7) is 0.823. The van der Waals surface area contributed by atoms with Crippen molar-refractivity contribution in [2.24, 2.45) is 0 Å². The Balaban J connectivity index is 2.02. The maximum atomic E-state index is 12.1. The second kappa shape index (κ2) is 20.0. The minimum atomic E-state index is -1.72. The Kier molecular flexibility index (Phi) is 17.3. The highest BCUT2D eigenvalue weighted by Crippen LogP contribution is 2.15. The molecule has 0 radical (unpaired) electrons. The average molecular weight is 522 g/mol. The number of ether oxygens (including phenoxy) is 2. The number of aliphatic carboxylic acids is 2. The van der Waals surface area contributed by atoms with Crippen molar-refractivity contribution in [1.82, 2.24) is 0 Å². The highest BCUT2D eigenvalue weighted by molar-refractivity contribution is 5.92. The van der Waals surface area contributed by atoms with Crippen molar-refractivity contribution in [2.45, 2.75) is 102 Å². The van der Waals surface area contributed by atoms with Gasteiger partial charge in [0.2, 0.25) is 6.10 Å². The van der Waals surface area contributed by atoms with Crippen LogP contribution >= 0.6 is 0 Å². The number of esters is 2. The van der Waals surface area contributed by atoms with Crippen LogP contribution in [-0.4, -0.2) is 53.8 Å². The lowest BCUT2D eigenvalue weighted by Gasteiger charge is -2.12. The van der Waals surface area contributed by atoms with Crippen molar-refractivity contribution in [2.75, 3.05) is 19.0 Å². The van der Waals surface area contributed by atoms with Crippen molar-refractivity contribution < 1.29 is 38.9 Å². The normalized spacial score (nSPS) is 11.5. The van der Waals surface area contributed by atoms with E-state index in [0.29, 0.717) is 6.42 Å². The molecule has 0 heterocycles.